The van der Waals surface area contributed by atoms with Crippen molar-refractivity contribution in [2.45, 2.75) is 32.9 Å². The smallest absolute Gasteiger partial charge is 0.128 e. The van der Waals surface area contributed by atoms with E-state index in [4.69, 9.17) is 5.73 Å². The molecule has 2 atom stereocenters. The molecule has 0 spiro atoms. The maximum absolute atomic E-state index is 13.8. The molecule has 0 aliphatic rings. The number of nitrogens with two attached hydrogens (primary N) is 1. The second kappa shape index (κ2) is 6.25. The molecule has 0 aliphatic carbocycles. The topological polar surface area (TPSA) is 29.3 Å². The molecular formula is C14H22F2N2. The Labute approximate surface area is 108 Å². The Bertz CT molecular complexity index is 393. The van der Waals surface area contributed by atoms with Crippen molar-refractivity contribution in [3.8, 4) is 0 Å². The third-order valence-electron chi connectivity index (χ3n) is 3.64. The molecule has 2 nitrogen and oxygen atoms in total. The Hall–Kier alpha value is -1.00. The zero-order valence-corrected chi connectivity index (χ0v) is 11.5. The Balaban J connectivity index is 3.05. The predicted molar refractivity (Wildman–Crippen MR) is 70.2 cm³/mol. The molecule has 1 aromatic carbocycles. The number of likely N-dealkylation sites (N-methyl/N-ethyl adjacent to an activating group) is 1. The van der Waals surface area contributed by atoms with Crippen LogP contribution in [-0.2, 0) is 0 Å². The van der Waals surface area contributed by atoms with E-state index in [1.165, 1.54) is 6.07 Å². The molecule has 18 heavy (non-hydrogen) atoms. The van der Waals surface area contributed by atoms with Crippen LogP contribution in [0.5, 0.6) is 0 Å². The molecule has 0 radical (unpaired) electrons. The molecule has 0 aliphatic heterocycles. The molecule has 1 aromatic rings. The number of nitrogens with zero attached hydrogens (tertiary/aromatic N) is 1. The molecule has 0 saturated heterocycles. The van der Waals surface area contributed by atoms with E-state index >= 15 is 0 Å². The van der Waals surface area contributed by atoms with Gasteiger partial charge in [0.25, 0.3) is 0 Å². The summed E-state index contributed by atoms with van der Waals surface area (Å²) in [6.45, 7) is 6.51. The molecule has 0 amide bonds. The van der Waals surface area contributed by atoms with Gasteiger partial charge in [0.05, 0.1) is 0 Å². The standard InChI is InChI=1S/C14H22F2N2/c1-9(2)10(3)18(4)14(8-17)12-7-11(15)5-6-13(12)16/h5-7,9-10,14H,8,17H2,1-4H3. The van der Waals surface area contributed by atoms with Crippen molar-refractivity contribution in [2.24, 2.45) is 11.7 Å². The van der Waals surface area contributed by atoms with E-state index in [0.29, 0.717) is 11.5 Å². The van der Waals surface area contributed by atoms with Crippen molar-refractivity contribution in [1.29, 1.82) is 0 Å². The molecule has 4 heteroatoms. The first-order valence-electron chi connectivity index (χ1n) is 6.25. The second-order valence-corrected chi connectivity index (χ2v) is 5.07. The zero-order chi connectivity index (χ0) is 13.9. The zero-order valence-electron chi connectivity index (χ0n) is 11.5. The fraction of sp³-hybridized carbons (Fsp3) is 0.571. The summed E-state index contributed by atoms with van der Waals surface area (Å²) in [5.74, 6) is -0.425. The van der Waals surface area contributed by atoms with E-state index in [9.17, 15) is 8.78 Å². The minimum Gasteiger partial charge on any atom is -0.329 e. The van der Waals surface area contributed by atoms with Gasteiger partial charge in [-0.3, -0.25) is 4.90 Å². The SMILES string of the molecule is CC(C)C(C)N(C)C(CN)c1cc(F)ccc1F. The van der Waals surface area contributed by atoms with Gasteiger partial charge < -0.3 is 5.73 Å². The van der Waals surface area contributed by atoms with Gasteiger partial charge in [-0.25, -0.2) is 8.78 Å². The van der Waals surface area contributed by atoms with E-state index in [2.05, 4.69) is 20.8 Å². The lowest BCUT2D eigenvalue weighted by Crippen LogP contribution is -2.40. The summed E-state index contributed by atoms with van der Waals surface area (Å²) in [5, 5.41) is 0. The maximum Gasteiger partial charge on any atom is 0.128 e. The quantitative estimate of drug-likeness (QED) is 0.877. The maximum atomic E-state index is 13.8. The number of hydrogen-bond donors (Lipinski definition) is 1. The molecule has 2 N–H and O–H groups in total. The summed E-state index contributed by atoms with van der Waals surface area (Å²) < 4.78 is 27.0. The lowest BCUT2D eigenvalue weighted by molar-refractivity contribution is 0.149. The summed E-state index contributed by atoms with van der Waals surface area (Å²) in [6, 6.07) is 3.44. The minimum atomic E-state index is -0.435. The van der Waals surface area contributed by atoms with Crippen molar-refractivity contribution in [3.05, 3.63) is 35.4 Å². The number of hydrogen-bond acceptors (Lipinski definition) is 2. The van der Waals surface area contributed by atoms with Crippen LogP contribution in [0.2, 0.25) is 0 Å². The van der Waals surface area contributed by atoms with E-state index in [1.54, 1.807) is 0 Å². The molecule has 1 rings (SSSR count). The Morgan fingerprint density at radius 2 is 1.83 bits per heavy atom. The van der Waals surface area contributed by atoms with Crippen LogP contribution in [0.3, 0.4) is 0 Å². The van der Waals surface area contributed by atoms with Crippen LogP contribution in [0, 0.1) is 17.6 Å². The second-order valence-electron chi connectivity index (χ2n) is 5.07. The predicted octanol–water partition coefficient (Wildman–Crippen LogP) is 2.94. The summed E-state index contributed by atoms with van der Waals surface area (Å²) in [5.41, 5.74) is 6.06. The highest BCUT2D eigenvalue weighted by atomic mass is 19.1. The molecule has 0 saturated carbocycles. The number of halogens is 2. The third kappa shape index (κ3) is 3.27. The number of benzene rings is 1. The van der Waals surface area contributed by atoms with Gasteiger partial charge in [-0.2, -0.15) is 0 Å². The van der Waals surface area contributed by atoms with Crippen LogP contribution in [-0.4, -0.2) is 24.5 Å². The van der Waals surface area contributed by atoms with Crippen LogP contribution in [0.25, 0.3) is 0 Å². The van der Waals surface area contributed by atoms with Gasteiger partial charge in [0.2, 0.25) is 0 Å². The minimum absolute atomic E-state index is 0.237. The van der Waals surface area contributed by atoms with Crippen LogP contribution in [0.1, 0.15) is 32.4 Å². The summed E-state index contributed by atoms with van der Waals surface area (Å²) >= 11 is 0. The highest BCUT2D eigenvalue weighted by molar-refractivity contribution is 5.23. The first-order chi connectivity index (χ1) is 8.38. The largest absolute Gasteiger partial charge is 0.329 e. The molecule has 0 heterocycles. The molecular weight excluding hydrogens is 234 g/mol. The normalized spacial score (nSPS) is 15.2. The Morgan fingerprint density at radius 3 is 2.33 bits per heavy atom. The fourth-order valence-electron chi connectivity index (χ4n) is 2.04. The monoisotopic (exact) mass is 256 g/mol. The molecule has 0 fully saturated rings. The van der Waals surface area contributed by atoms with Gasteiger partial charge in [-0.15, -0.1) is 0 Å². The molecule has 0 aromatic heterocycles. The van der Waals surface area contributed by atoms with Crippen LogP contribution in [0.15, 0.2) is 18.2 Å². The highest BCUT2D eigenvalue weighted by Gasteiger charge is 2.24. The van der Waals surface area contributed by atoms with Crippen LogP contribution >= 0.6 is 0 Å². The van der Waals surface area contributed by atoms with Crippen molar-refractivity contribution >= 4 is 0 Å². The Kier molecular flexibility index (Phi) is 5.23. The van der Waals surface area contributed by atoms with E-state index in [-0.39, 0.29) is 18.6 Å². The lowest BCUT2D eigenvalue weighted by atomic mass is 9.99. The summed E-state index contributed by atoms with van der Waals surface area (Å²) in [4.78, 5) is 2.00. The van der Waals surface area contributed by atoms with Gasteiger partial charge in [-0.1, -0.05) is 13.8 Å². The van der Waals surface area contributed by atoms with E-state index in [1.807, 2.05) is 11.9 Å². The van der Waals surface area contributed by atoms with Gasteiger partial charge in [0.1, 0.15) is 11.6 Å². The van der Waals surface area contributed by atoms with Crippen LogP contribution < -0.4 is 5.73 Å². The molecule has 102 valence electrons. The summed E-state index contributed by atoms with van der Waals surface area (Å²) in [7, 11) is 1.90. The van der Waals surface area contributed by atoms with Gasteiger partial charge in [0, 0.05) is 24.2 Å². The first kappa shape index (κ1) is 15.1. The van der Waals surface area contributed by atoms with Crippen molar-refractivity contribution in [2.75, 3.05) is 13.6 Å². The van der Waals surface area contributed by atoms with Gasteiger partial charge >= 0.3 is 0 Å². The Morgan fingerprint density at radius 1 is 1.22 bits per heavy atom. The number of rotatable bonds is 5. The highest BCUT2D eigenvalue weighted by Crippen LogP contribution is 2.25. The van der Waals surface area contributed by atoms with Gasteiger partial charge in [0.15, 0.2) is 0 Å². The average Bonchev–Trinajstić information content (AvgIpc) is 2.33. The summed E-state index contributed by atoms with van der Waals surface area (Å²) in [6.07, 6.45) is 0. The van der Waals surface area contributed by atoms with Crippen LogP contribution in [0.4, 0.5) is 8.78 Å². The van der Waals surface area contributed by atoms with E-state index < -0.39 is 11.6 Å². The van der Waals surface area contributed by atoms with Crippen molar-refractivity contribution in [1.82, 2.24) is 4.90 Å². The lowest BCUT2D eigenvalue weighted by Gasteiger charge is -2.35. The molecule has 2 unspecified atom stereocenters. The fourth-order valence-corrected chi connectivity index (χ4v) is 2.04. The van der Waals surface area contributed by atoms with Gasteiger partial charge in [-0.05, 0) is 38.1 Å². The first-order valence-corrected chi connectivity index (χ1v) is 6.25. The average molecular weight is 256 g/mol. The van der Waals surface area contributed by atoms with Crippen molar-refractivity contribution < 1.29 is 8.78 Å². The third-order valence-corrected chi connectivity index (χ3v) is 3.64. The van der Waals surface area contributed by atoms with Crippen molar-refractivity contribution in [3.63, 3.8) is 0 Å². The molecule has 0 bridgehead atoms. The van der Waals surface area contributed by atoms with E-state index in [0.717, 1.165) is 12.1 Å².